The minimum Gasteiger partial charge on any atom is -0.493 e. The minimum atomic E-state index is -0.721. The van der Waals surface area contributed by atoms with Gasteiger partial charge in [-0.2, -0.15) is 0 Å². The van der Waals surface area contributed by atoms with Gasteiger partial charge in [-0.3, -0.25) is 14.5 Å². The number of benzene rings is 1. The second-order valence-electron chi connectivity index (χ2n) is 5.59. The Morgan fingerprint density at radius 1 is 1.39 bits per heavy atom. The van der Waals surface area contributed by atoms with Crippen LogP contribution in [0.5, 0.6) is 11.5 Å². The van der Waals surface area contributed by atoms with Crippen LogP contribution in [-0.2, 0) is 20.9 Å². The smallest absolute Gasteiger partial charge is 0.325 e. The van der Waals surface area contributed by atoms with E-state index in [-0.39, 0.29) is 25.0 Å². The van der Waals surface area contributed by atoms with Crippen LogP contribution >= 0.6 is 0 Å². The number of aliphatic hydroxyl groups excluding tert-OH is 1. The number of methoxy groups -OCH3 is 2. The first-order valence-electron chi connectivity index (χ1n) is 7.29. The fraction of sp³-hybridized carbons (Fsp3) is 0.500. The van der Waals surface area contributed by atoms with Gasteiger partial charge in [-0.05, 0) is 23.6 Å². The third-order valence-corrected chi connectivity index (χ3v) is 3.66. The van der Waals surface area contributed by atoms with Gasteiger partial charge in [0.2, 0.25) is 0 Å². The Hall–Kier alpha value is -2.28. The molecule has 0 fully saturated rings. The summed E-state index contributed by atoms with van der Waals surface area (Å²) in [5.74, 6) is -0.165. The summed E-state index contributed by atoms with van der Waals surface area (Å²) in [6.07, 6.45) is -0.721. The number of amides is 1. The van der Waals surface area contributed by atoms with Crippen LogP contribution in [0.25, 0.3) is 0 Å². The van der Waals surface area contributed by atoms with E-state index in [2.05, 4.69) is 4.74 Å². The lowest BCUT2D eigenvalue weighted by atomic mass is 10.0. The normalized spacial score (nSPS) is 16.9. The number of hydrogen-bond acceptors (Lipinski definition) is 6. The van der Waals surface area contributed by atoms with E-state index in [1.165, 1.54) is 19.1 Å². The Kier molecular flexibility index (Phi) is 5.10. The molecular formula is C16H21NO6. The molecule has 126 valence electrons. The Balaban J connectivity index is 2.57. The molecule has 1 atom stereocenters. The lowest BCUT2D eigenvalue weighted by molar-refractivity contribution is -0.141. The molecule has 1 heterocycles. The predicted molar refractivity (Wildman–Crippen MR) is 82.5 cm³/mol. The number of esters is 1. The zero-order chi connectivity index (χ0) is 17.1. The van der Waals surface area contributed by atoms with Gasteiger partial charge >= 0.3 is 5.97 Å². The van der Waals surface area contributed by atoms with E-state index >= 15 is 0 Å². The zero-order valence-corrected chi connectivity index (χ0v) is 13.7. The number of aliphatic hydroxyl groups is 1. The molecule has 7 heteroatoms. The highest BCUT2D eigenvalue weighted by molar-refractivity contribution is 6.04. The van der Waals surface area contributed by atoms with Crippen LogP contribution in [-0.4, -0.2) is 43.9 Å². The monoisotopic (exact) mass is 323 g/mol. The second-order valence-corrected chi connectivity index (χ2v) is 5.59. The van der Waals surface area contributed by atoms with Crippen molar-refractivity contribution in [3.05, 3.63) is 17.7 Å². The molecule has 1 aliphatic rings. The maximum Gasteiger partial charge on any atom is 0.325 e. The van der Waals surface area contributed by atoms with E-state index in [1.807, 2.05) is 13.8 Å². The molecule has 2 rings (SSSR count). The van der Waals surface area contributed by atoms with Gasteiger partial charge in [-0.15, -0.1) is 0 Å². The standard InChI is InChI=1S/C16H21NO6/c1-9(2)14-16(20)17(7-13(19)22-4)11-5-10(8-18)6-12(21-3)15(11)23-14/h5-6,9,14,18H,7-8H2,1-4H3. The van der Waals surface area contributed by atoms with Gasteiger partial charge in [0.05, 0.1) is 26.5 Å². The molecular weight excluding hydrogens is 302 g/mol. The third kappa shape index (κ3) is 3.24. The van der Waals surface area contributed by atoms with Crippen LogP contribution in [0.3, 0.4) is 0 Å². The predicted octanol–water partition coefficient (Wildman–Crippen LogP) is 1.11. The van der Waals surface area contributed by atoms with Crippen molar-refractivity contribution in [2.75, 3.05) is 25.7 Å². The Morgan fingerprint density at radius 2 is 2.09 bits per heavy atom. The van der Waals surface area contributed by atoms with Crippen molar-refractivity contribution in [1.29, 1.82) is 0 Å². The largest absolute Gasteiger partial charge is 0.493 e. The van der Waals surface area contributed by atoms with E-state index in [9.17, 15) is 14.7 Å². The van der Waals surface area contributed by atoms with Gasteiger partial charge in [-0.1, -0.05) is 13.8 Å². The maximum absolute atomic E-state index is 12.7. The minimum absolute atomic E-state index is 0.0852. The van der Waals surface area contributed by atoms with Gasteiger partial charge in [-0.25, -0.2) is 0 Å². The van der Waals surface area contributed by atoms with Gasteiger partial charge in [0.25, 0.3) is 5.91 Å². The molecule has 7 nitrogen and oxygen atoms in total. The van der Waals surface area contributed by atoms with Crippen LogP contribution < -0.4 is 14.4 Å². The van der Waals surface area contributed by atoms with Crippen LogP contribution in [0.4, 0.5) is 5.69 Å². The molecule has 0 radical (unpaired) electrons. The first kappa shape index (κ1) is 17.1. The van der Waals surface area contributed by atoms with Crippen LogP contribution in [0.15, 0.2) is 12.1 Å². The van der Waals surface area contributed by atoms with Crippen LogP contribution in [0.2, 0.25) is 0 Å². The summed E-state index contributed by atoms with van der Waals surface area (Å²) in [5, 5.41) is 9.39. The maximum atomic E-state index is 12.7. The first-order chi connectivity index (χ1) is 10.9. The van der Waals surface area contributed by atoms with Crippen LogP contribution in [0, 0.1) is 5.92 Å². The number of carbonyl (C=O) groups is 2. The number of hydrogen-bond donors (Lipinski definition) is 1. The SMILES string of the molecule is COC(=O)CN1C(=O)C(C(C)C)Oc2c(OC)cc(CO)cc21. The molecule has 1 aromatic carbocycles. The quantitative estimate of drug-likeness (QED) is 0.817. The molecule has 0 spiro atoms. The van der Waals surface area contributed by atoms with E-state index in [0.29, 0.717) is 22.7 Å². The molecule has 1 N–H and O–H groups in total. The highest BCUT2D eigenvalue weighted by Gasteiger charge is 2.39. The molecule has 0 saturated carbocycles. The van der Waals surface area contributed by atoms with E-state index in [0.717, 1.165) is 0 Å². The van der Waals surface area contributed by atoms with Crippen molar-refractivity contribution >= 4 is 17.6 Å². The van der Waals surface area contributed by atoms with Gasteiger partial charge < -0.3 is 19.3 Å². The van der Waals surface area contributed by atoms with E-state index in [1.54, 1.807) is 12.1 Å². The highest BCUT2D eigenvalue weighted by atomic mass is 16.5. The third-order valence-electron chi connectivity index (χ3n) is 3.66. The van der Waals surface area contributed by atoms with Crippen molar-refractivity contribution < 1.29 is 28.9 Å². The fourth-order valence-electron chi connectivity index (χ4n) is 2.43. The van der Waals surface area contributed by atoms with E-state index in [4.69, 9.17) is 9.47 Å². The van der Waals surface area contributed by atoms with Crippen molar-refractivity contribution in [2.45, 2.75) is 26.6 Å². The van der Waals surface area contributed by atoms with Crippen molar-refractivity contribution in [3.8, 4) is 11.5 Å². The second kappa shape index (κ2) is 6.87. The molecule has 1 aromatic rings. The number of carbonyl (C=O) groups excluding carboxylic acids is 2. The zero-order valence-electron chi connectivity index (χ0n) is 13.7. The van der Waals surface area contributed by atoms with Gasteiger partial charge in [0, 0.05) is 0 Å². The lowest BCUT2D eigenvalue weighted by Crippen LogP contribution is -2.50. The number of anilines is 1. The molecule has 1 aliphatic heterocycles. The number of ether oxygens (including phenoxy) is 3. The average Bonchev–Trinajstić information content (AvgIpc) is 2.55. The number of fused-ring (bicyclic) bond motifs is 1. The Bertz CT molecular complexity index is 613. The average molecular weight is 323 g/mol. The first-order valence-corrected chi connectivity index (χ1v) is 7.29. The summed E-state index contributed by atoms with van der Waals surface area (Å²) in [6.45, 7) is 3.27. The topological polar surface area (TPSA) is 85.3 Å². The molecule has 23 heavy (non-hydrogen) atoms. The van der Waals surface area contributed by atoms with Crippen molar-refractivity contribution in [3.63, 3.8) is 0 Å². The number of nitrogens with zero attached hydrogens (tertiary/aromatic N) is 1. The number of rotatable bonds is 5. The molecule has 0 saturated heterocycles. The van der Waals surface area contributed by atoms with Crippen molar-refractivity contribution in [2.24, 2.45) is 5.92 Å². The highest BCUT2D eigenvalue weighted by Crippen LogP contribution is 2.43. The summed E-state index contributed by atoms with van der Waals surface area (Å²) in [5.41, 5.74) is 0.940. The van der Waals surface area contributed by atoms with Gasteiger partial charge in [0.1, 0.15) is 6.54 Å². The fourth-order valence-corrected chi connectivity index (χ4v) is 2.43. The van der Waals surface area contributed by atoms with Gasteiger partial charge in [0.15, 0.2) is 17.6 Å². The van der Waals surface area contributed by atoms with Crippen LogP contribution in [0.1, 0.15) is 19.4 Å². The summed E-state index contributed by atoms with van der Waals surface area (Å²) in [4.78, 5) is 25.7. The molecule has 0 bridgehead atoms. The summed E-state index contributed by atoms with van der Waals surface area (Å²) < 4.78 is 15.8. The molecule has 1 unspecified atom stereocenters. The van der Waals surface area contributed by atoms with E-state index < -0.39 is 12.1 Å². The van der Waals surface area contributed by atoms with Crippen molar-refractivity contribution in [1.82, 2.24) is 0 Å². The summed E-state index contributed by atoms with van der Waals surface area (Å²) in [6, 6.07) is 3.25. The lowest BCUT2D eigenvalue weighted by Gasteiger charge is -2.36. The summed E-state index contributed by atoms with van der Waals surface area (Å²) >= 11 is 0. The Morgan fingerprint density at radius 3 is 2.61 bits per heavy atom. The summed E-state index contributed by atoms with van der Waals surface area (Å²) in [7, 11) is 2.74. The molecule has 0 aliphatic carbocycles. The molecule has 0 aromatic heterocycles. The Labute approximate surface area is 134 Å². The molecule has 1 amide bonds.